The summed E-state index contributed by atoms with van der Waals surface area (Å²) in [6, 6.07) is 16.1. The van der Waals surface area contributed by atoms with Gasteiger partial charge in [-0.1, -0.05) is 37.6 Å². The Bertz CT molecular complexity index is 587. The Morgan fingerprint density at radius 3 is 2.26 bits per heavy atom. The van der Waals surface area contributed by atoms with E-state index in [1.54, 1.807) is 11.8 Å². The fourth-order valence-corrected chi connectivity index (χ4v) is 3.53. The van der Waals surface area contributed by atoms with Crippen molar-refractivity contribution in [3.8, 4) is 5.75 Å². The van der Waals surface area contributed by atoms with Gasteiger partial charge in [0.1, 0.15) is 41.5 Å². The highest BCUT2D eigenvalue weighted by Crippen LogP contribution is 2.23. The Morgan fingerprint density at radius 1 is 1.04 bits per heavy atom. The molecule has 0 amide bonds. The van der Waals surface area contributed by atoms with Crippen LogP contribution in [0.3, 0.4) is 0 Å². The van der Waals surface area contributed by atoms with E-state index in [9.17, 15) is 0 Å². The van der Waals surface area contributed by atoms with Crippen molar-refractivity contribution in [2.75, 3.05) is 12.4 Å². The minimum atomic E-state index is 0.0288. The van der Waals surface area contributed by atoms with Crippen LogP contribution in [0, 0.1) is 0 Å². The third-order valence-corrected chi connectivity index (χ3v) is 5.47. The zero-order chi connectivity index (χ0) is 16.7. The number of hydrogen-bond donors (Lipinski definition) is 0. The van der Waals surface area contributed by atoms with Gasteiger partial charge in [0.2, 0.25) is 0 Å². The Balaban J connectivity index is 1.81. The zero-order valence-corrected chi connectivity index (χ0v) is 16.9. The van der Waals surface area contributed by atoms with Crippen LogP contribution in [0.5, 0.6) is 5.75 Å². The number of halogens is 2. The first-order chi connectivity index (χ1) is 11.1. The Labute approximate surface area is 161 Å². The largest absolute Gasteiger partial charge is 0.491 e. The zero-order valence-electron chi connectivity index (χ0n) is 13.2. The monoisotopic (exact) mass is 462 g/mol. The molecule has 0 saturated carbocycles. The topological polar surface area (TPSA) is 18.5 Å². The van der Waals surface area contributed by atoms with Gasteiger partial charge in [0.05, 0.1) is 0 Å². The summed E-state index contributed by atoms with van der Waals surface area (Å²) >= 11 is 9.57. The maximum absolute atomic E-state index is 5.89. The number of ether oxygens (including phenoxy) is 1. The van der Waals surface area contributed by atoms with Crippen molar-refractivity contribution in [3.63, 3.8) is 0 Å². The van der Waals surface area contributed by atoms with Gasteiger partial charge in [-0.05, 0) is 47.9 Å². The molecule has 0 aliphatic rings. The van der Waals surface area contributed by atoms with Crippen LogP contribution in [0.4, 0.5) is 0 Å². The van der Waals surface area contributed by atoms with E-state index in [4.69, 9.17) is 19.4 Å². The molecular weight excluding hydrogens is 443 g/mol. The van der Waals surface area contributed by atoms with Gasteiger partial charge in [-0.2, -0.15) is 0 Å². The predicted octanol–water partition coefficient (Wildman–Crippen LogP) is 6.37. The van der Waals surface area contributed by atoms with Gasteiger partial charge in [-0.3, -0.25) is 0 Å². The van der Waals surface area contributed by atoms with Crippen LogP contribution < -0.4 is 4.74 Å². The van der Waals surface area contributed by atoms with Crippen LogP contribution in [0.1, 0.15) is 25.3 Å². The molecule has 2 nitrogen and oxygen atoms in total. The van der Waals surface area contributed by atoms with E-state index in [1.807, 2.05) is 59.4 Å². The number of rotatable bonds is 8. The van der Waals surface area contributed by atoms with Gasteiger partial charge in [0.25, 0.3) is 0 Å². The van der Waals surface area contributed by atoms with E-state index >= 15 is 0 Å². The summed E-state index contributed by atoms with van der Waals surface area (Å²) in [7, 11) is 0. The second kappa shape index (κ2) is 9.77. The molecule has 1 atom stereocenters. The van der Waals surface area contributed by atoms with Gasteiger partial charge >= 0.3 is 0 Å². The number of thioether (sulfide) groups is 1. The molecule has 0 spiro atoms. The standard InChI is InChI=1S/C18H20ClIO2S/c1-13(2)14-3-7-16(8-4-14)21-11-17(22-20)12-23-18-9-5-15(19)6-10-18/h3-10,13,17H,11-12H2,1-2H3. The third kappa shape index (κ3) is 6.53. The summed E-state index contributed by atoms with van der Waals surface area (Å²) in [5, 5.41) is 0.754. The minimum absolute atomic E-state index is 0.0288. The molecule has 0 saturated heterocycles. The van der Waals surface area contributed by atoms with Gasteiger partial charge in [0, 0.05) is 15.7 Å². The van der Waals surface area contributed by atoms with Crippen LogP contribution in [0.25, 0.3) is 0 Å². The lowest BCUT2D eigenvalue weighted by Gasteiger charge is -2.15. The lowest BCUT2D eigenvalue weighted by Crippen LogP contribution is -2.21. The second-order valence-corrected chi connectivity index (χ2v) is 7.55. The smallest absolute Gasteiger partial charge is 0.119 e. The average molecular weight is 463 g/mol. The summed E-state index contributed by atoms with van der Waals surface area (Å²) in [5.74, 6) is 2.24. The fourth-order valence-electron chi connectivity index (χ4n) is 1.96. The first-order valence-corrected chi connectivity index (χ1v) is 9.71. The van der Waals surface area contributed by atoms with Gasteiger partial charge in [-0.15, -0.1) is 11.8 Å². The lowest BCUT2D eigenvalue weighted by molar-refractivity contribution is 0.190. The molecule has 0 fully saturated rings. The molecule has 5 heteroatoms. The molecule has 2 aromatic carbocycles. The molecule has 0 aliphatic heterocycles. The summed E-state index contributed by atoms with van der Waals surface area (Å²) < 4.78 is 11.3. The second-order valence-electron chi connectivity index (χ2n) is 5.51. The molecule has 0 heterocycles. The van der Waals surface area contributed by atoms with Crippen molar-refractivity contribution in [2.45, 2.75) is 30.8 Å². The molecule has 23 heavy (non-hydrogen) atoms. The van der Waals surface area contributed by atoms with E-state index in [1.165, 1.54) is 10.5 Å². The van der Waals surface area contributed by atoms with Crippen LogP contribution >= 0.6 is 46.4 Å². The predicted molar refractivity (Wildman–Crippen MR) is 107 cm³/mol. The van der Waals surface area contributed by atoms with Crippen LogP contribution in [-0.4, -0.2) is 18.5 Å². The van der Waals surface area contributed by atoms with Crippen LogP contribution in [-0.2, 0) is 3.07 Å². The molecule has 0 bridgehead atoms. The Hall–Kier alpha value is -0.430. The molecule has 2 aromatic rings. The first-order valence-electron chi connectivity index (χ1n) is 7.47. The fraction of sp³-hybridized carbons (Fsp3) is 0.333. The molecule has 124 valence electrons. The highest BCUT2D eigenvalue weighted by atomic mass is 127. The molecular formula is C18H20ClIO2S. The first kappa shape index (κ1) is 18.9. The minimum Gasteiger partial charge on any atom is -0.491 e. The summed E-state index contributed by atoms with van der Waals surface area (Å²) in [6.45, 7) is 4.90. The van der Waals surface area contributed by atoms with Crippen molar-refractivity contribution in [3.05, 3.63) is 59.1 Å². The molecule has 1 unspecified atom stereocenters. The lowest BCUT2D eigenvalue weighted by atomic mass is 10.0. The summed E-state index contributed by atoms with van der Waals surface area (Å²) in [6.07, 6.45) is 0.0288. The maximum Gasteiger partial charge on any atom is 0.119 e. The van der Waals surface area contributed by atoms with E-state index in [-0.39, 0.29) is 6.10 Å². The SMILES string of the molecule is CC(C)c1ccc(OCC(CSc2ccc(Cl)cc2)OI)cc1. The van der Waals surface area contributed by atoms with E-state index in [0.717, 1.165) is 16.5 Å². The molecule has 0 aromatic heterocycles. The number of hydrogen-bond acceptors (Lipinski definition) is 3. The average Bonchev–Trinajstić information content (AvgIpc) is 2.57. The Kier molecular flexibility index (Phi) is 8.03. The number of benzene rings is 2. The molecule has 0 N–H and O–H groups in total. The van der Waals surface area contributed by atoms with Crippen molar-refractivity contribution in [1.82, 2.24) is 0 Å². The van der Waals surface area contributed by atoms with Crippen molar-refractivity contribution >= 4 is 46.4 Å². The van der Waals surface area contributed by atoms with Crippen LogP contribution in [0.15, 0.2) is 53.4 Å². The van der Waals surface area contributed by atoms with Gasteiger partial charge in [0.15, 0.2) is 0 Å². The van der Waals surface area contributed by atoms with Crippen molar-refractivity contribution in [1.29, 1.82) is 0 Å². The van der Waals surface area contributed by atoms with E-state index in [2.05, 4.69) is 26.0 Å². The van der Waals surface area contributed by atoms with Gasteiger partial charge < -0.3 is 7.80 Å². The molecule has 2 rings (SSSR count). The van der Waals surface area contributed by atoms with E-state index in [0.29, 0.717) is 12.5 Å². The normalized spacial score (nSPS) is 12.4. The highest BCUT2D eigenvalue weighted by molar-refractivity contribution is 14.1. The van der Waals surface area contributed by atoms with Crippen molar-refractivity contribution < 1.29 is 7.80 Å². The summed E-state index contributed by atoms with van der Waals surface area (Å²) in [5.41, 5.74) is 1.32. The molecule has 0 aliphatic carbocycles. The quantitative estimate of drug-likeness (QED) is 0.335. The van der Waals surface area contributed by atoms with Crippen molar-refractivity contribution in [2.24, 2.45) is 0 Å². The maximum atomic E-state index is 5.89. The third-order valence-electron chi connectivity index (χ3n) is 3.36. The Morgan fingerprint density at radius 2 is 1.70 bits per heavy atom. The molecule has 0 radical (unpaired) electrons. The summed E-state index contributed by atoms with van der Waals surface area (Å²) in [4.78, 5) is 1.18. The van der Waals surface area contributed by atoms with E-state index < -0.39 is 0 Å². The van der Waals surface area contributed by atoms with Crippen LogP contribution in [0.2, 0.25) is 5.02 Å². The van der Waals surface area contributed by atoms with Gasteiger partial charge in [-0.25, -0.2) is 0 Å². The highest BCUT2D eigenvalue weighted by Gasteiger charge is 2.11.